The van der Waals surface area contributed by atoms with E-state index in [1.54, 1.807) is 6.07 Å². The number of carbonyl (C=O) groups is 2. The Morgan fingerprint density at radius 2 is 1.63 bits per heavy atom. The molecule has 1 saturated heterocycles. The van der Waals surface area contributed by atoms with Gasteiger partial charge in [-0.1, -0.05) is 46.3 Å². The number of hydrogen-bond acceptors (Lipinski definition) is 3. The lowest BCUT2D eigenvalue weighted by Gasteiger charge is -2.25. The van der Waals surface area contributed by atoms with E-state index in [0.29, 0.717) is 11.3 Å². The molecule has 1 unspecified atom stereocenters. The van der Waals surface area contributed by atoms with Crippen molar-refractivity contribution in [2.45, 2.75) is 26.8 Å². The average molecular weight is 529 g/mol. The summed E-state index contributed by atoms with van der Waals surface area (Å²) in [7, 11) is 1.94. The molecule has 4 aromatic rings. The number of fused-ring (bicyclic) bond motifs is 1. The van der Waals surface area contributed by atoms with Gasteiger partial charge in [-0.3, -0.25) is 14.5 Å². The first-order valence-corrected chi connectivity index (χ1v) is 12.2. The molecule has 1 fully saturated rings. The third-order valence-corrected chi connectivity index (χ3v) is 7.47. The Balaban J connectivity index is 1.82. The normalized spacial score (nSPS) is 17.5. The van der Waals surface area contributed by atoms with Crippen molar-refractivity contribution in [1.29, 1.82) is 0 Å². The quantitative estimate of drug-likeness (QED) is 0.187. The van der Waals surface area contributed by atoms with Crippen molar-refractivity contribution in [2.75, 3.05) is 4.90 Å². The number of aryl methyl sites for hydroxylation is 4. The lowest BCUT2D eigenvalue weighted by atomic mass is 9.94. The number of nitrogens with zero attached hydrogens (tertiary/aromatic N) is 2. The van der Waals surface area contributed by atoms with Crippen molar-refractivity contribution in [3.05, 3.63) is 105 Å². The largest absolute Gasteiger partial charge is 0.507 e. The lowest BCUT2D eigenvalue weighted by Crippen LogP contribution is -2.29. The van der Waals surface area contributed by atoms with Gasteiger partial charge in [0.1, 0.15) is 5.76 Å². The van der Waals surface area contributed by atoms with Crippen molar-refractivity contribution in [3.63, 3.8) is 0 Å². The molecule has 6 heteroatoms. The number of para-hydroxylation sites is 1. The van der Waals surface area contributed by atoms with E-state index in [1.807, 2.05) is 93.2 Å². The number of rotatable bonds is 3. The molecule has 1 aromatic heterocycles. The number of carbonyl (C=O) groups excluding carboxylic acids is 2. The van der Waals surface area contributed by atoms with E-state index in [-0.39, 0.29) is 11.3 Å². The topological polar surface area (TPSA) is 62.5 Å². The number of aliphatic hydroxyl groups excluding tert-OH is 1. The second-order valence-corrected chi connectivity index (χ2v) is 10.0. The Labute approximate surface area is 212 Å². The zero-order valence-electron chi connectivity index (χ0n) is 20.0. The molecular weight excluding hydrogens is 504 g/mol. The minimum atomic E-state index is -0.772. The summed E-state index contributed by atoms with van der Waals surface area (Å²) in [6, 6.07) is 18.3. The fraction of sp³-hybridized carbons (Fsp3) is 0.172. The Bertz CT molecular complexity index is 1540. The minimum Gasteiger partial charge on any atom is -0.507 e. The highest BCUT2D eigenvalue weighted by atomic mass is 79.9. The maximum atomic E-state index is 13.5. The Morgan fingerprint density at radius 1 is 0.943 bits per heavy atom. The Morgan fingerprint density at radius 3 is 2.31 bits per heavy atom. The van der Waals surface area contributed by atoms with Crippen molar-refractivity contribution in [3.8, 4) is 0 Å². The van der Waals surface area contributed by atoms with Crippen molar-refractivity contribution < 1.29 is 14.7 Å². The molecule has 0 bridgehead atoms. The molecule has 2 heterocycles. The number of anilines is 1. The molecule has 1 aliphatic rings. The van der Waals surface area contributed by atoms with E-state index in [9.17, 15) is 14.7 Å². The molecule has 176 valence electrons. The molecule has 5 rings (SSSR count). The highest BCUT2D eigenvalue weighted by Crippen LogP contribution is 2.45. The third kappa shape index (κ3) is 3.78. The Kier molecular flexibility index (Phi) is 5.64. The van der Waals surface area contributed by atoms with Crippen LogP contribution in [0.5, 0.6) is 0 Å². The maximum Gasteiger partial charge on any atom is 0.300 e. The molecule has 1 atom stereocenters. The summed E-state index contributed by atoms with van der Waals surface area (Å²) in [6.07, 6.45) is 1.94. The Hall–Kier alpha value is -3.64. The zero-order valence-corrected chi connectivity index (χ0v) is 21.6. The van der Waals surface area contributed by atoms with Crippen LogP contribution in [0.2, 0.25) is 0 Å². The predicted octanol–water partition coefficient (Wildman–Crippen LogP) is 6.49. The van der Waals surface area contributed by atoms with Crippen LogP contribution in [0.25, 0.3) is 16.7 Å². The van der Waals surface area contributed by atoms with Gasteiger partial charge < -0.3 is 9.67 Å². The number of Topliss-reactive ketones (excluding diaryl/α,β-unsaturated/α-hetero) is 1. The molecule has 0 radical (unpaired) electrons. The summed E-state index contributed by atoms with van der Waals surface area (Å²) in [5, 5.41) is 12.4. The standard InChI is InChI=1S/C29H25BrN2O3/c1-16-11-17(2)13-20(12-16)32-26(22-15-31(4)24-8-6-5-7-21(22)24)25(28(34)29(32)35)27(33)19-9-10-23(30)18(3)14-19/h5-15,26,33H,1-4H3/b27-25+. The summed E-state index contributed by atoms with van der Waals surface area (Å²) in [5.41, 5.74) is 5.88. The molecule has 5 nitrogen and oxygen atoms in total. The van der Waals surface area contributed by atoms with E-state index in [1.165, 1.54) is 4.90 Å². The van der Waals surface area contributed by atoms with E-state index in [4.69, 9.17) is 0 Å². The lowest BCUT2D eigenvalue weighted by molar-refractivity contribution is -0.132. The van der Waals surface area contributed by atoms with Gasteiger partial charge in [-0.2, -0.15) is 0 Å². The second kappa shape index (κ2) is 8.54. The van der Waals surface area contributed by atoms with Gasteiger partial charge in [0.15, 0.2) is 0 Å². The molecule has 1 N–H and O–H groups in total. The molecule has 35 heavy (non-hydrogen) atoms. The fourth-order valence-electron chi connectivity index (χ4n) is 5.02. The summed E-state index contributed by atoms with van der Waals surface area (Å²) >= 11 is 3.49. The minimum absolute atomic E-state index is 0.0900. The van der Waals surface area contributed by atoms with Gasteiger partial charge >= 0.3 is 0 Å². The molecule has 3 aromatic carbocycles. The van der Waals surface area contributed by atoms with Crippen molar-refractivity contribution >= 4 is 50.0 Å². The first-order valence-electron chi connectivity index (χ1n) is 11.4. The molecular formula is C29H25BrN2O3. The summed E-state index contributed by atoms with van der Waals surface area (Å²) in [5.74, 6) is -1.52. The van der Waals surface area contributed by atoms with Crippen molar-refractivity contribution in [1.82, 2.24) is 4.57 Å². The average Bonchev–Trinajstić information content (AvgIpc) is 3.28. The van der Waals surface area contributed by atoms with Crippen LogP contribution >= 0.6 is 15.9 Å². The molecule has 0 saturated carbocycles. The van der Waals surface area contributed by atoms with E-state index >= 15 is 0 Å². The highest BCUT2D eigenvalue weighted by Gasteiger charge is 2.48. The van der Waals surface area contributed by atoms with Crippen LogP contribution in [-0.2, 0) is 16.6 Å². The number of hydrogen-bond donors (Lipinski definition) is 1. The van der Waals surface area contributed by atoms with Crippen molar-refractivity contribution in [2.24, 2.45) is 7.05 Å². The van der Waals surface area contributed by atoms with Crippen LogP contribution in [-0.4, -0.2) is 21.4 Å². The summed E-state index contributed by atoms with van der Waals surface area (Å²) < 4.78 is 2.88. The third-order valence-electron chi connectivity index (χ3n) is 6.58. The van der Waals surface area contributed by atoms with Crippen LogP contribution in [0, 0.1) is 20.8 Å². The van der Waals surface area contributed by atoms with Gasteiger partial charge in [0.2, 0.25) is 0 Å². The summed E-state index contributed by atoms with van der Waals surface area (Å²) in [4.78, 5) is 28.6. The first kappa shape index (κ1) is 23.1. The van der Waals surface area contributed by atoms with Gasteiger partial charge in [0.25, 0.3) is 11.7 Å². The number of aromatic nitrogens is 1. The second-order valence-electron chi connectivity index (χ2n) is 9.19. The van der Waals surface area contributed by atoms with Gasteiger partial charge in [0.05, 0.1) is 11.6 Å². The predicted molar refractivity (Wildman–Crippen MR) is 142 cm³/mol. The van der Waals surface area contributed by atoms with Gasteiger partial charge in [-0.15, -0.1) is 0 Å². The highest BCUT2D eigenvalue weighted by molar-refractivity contribution is 9.10. The molecule has 1 aliphatic heterocycles. The van der Waals surface area contributed by atoms with Gasteiger partial charge in [0, 0.05) is 45.4 Å². The zero-order chi connectivity index (χ0) is 25.0. The number of halogens is 1. The molecule has 0 aliphatic carbocycles. The smallest absolute Gasteiger partial charge is 0.300 e. The van der Waals surface area contributed by atoms with Crippen LogP contribution < -0.4 is 4.90 Å². The van der Waals surface area contributed by atoms with E-state index in [2.05, 4.69) is 15.9 Å². The van der Waals surface area contributed by atoms with Crippen LogP contribution in [0.15, 0.2) is 76.9 Å². The van der Waals surface area contributed by atoms with Gasteiger partial charge in [-0.05, 0) is 67.8 Å². The molecule has 1 amide bonds. The summed E-state index contributed by atoms with van der Waals surface area (Å²) in [6.45, 7) is 5.84. The maximum absolute atomic E-state index is 13.5. The number of aliphatic hydroxyl groups is 1. The SMILES string of the molecule is Cc1cc(C)cc(N2C(=O)C(=O)/C(=C(/O)c3ccc(Br)c(C)c3)C2c2cn(C)c3ccccc23)c1. The number of amides is 1. The number of ketones is 1. The van der Waals surface area contributed by atoms with Crippen LogP contribution in [0.1, 0.15) is 33.9 Å². The fourth-order valence-corrected chi connectivity index (χ4v) is 5.27. The van der Waals surface area contributed by atoms with E-state index < -0.39 is 17.7 Å². The van der Waals surface area contributed by atoms with Crippen LogP contribution in [0.4, 0.5) is 5.69 Å². The van der Waals surface area contributed by atoms with Crippen LogP contribution in [0.3, 0.4) is 0 Å². The van der Waals surface area contributed by atoms with E-state index in [0.717, 1.165) is 37.6 Å². The first-order chi connectivity index (χ1) is 16.7. The number of benzene rings is 3. The van der Waals surface area contributed by atoms with Gasteiger partial charge in [-0.25, -0.2) is 0 Å². The molecule has 0 spiro atoms. The monoisotopic (exact) mass is 528 g/mol.